The van der Waals surface area contributed by atoms with Gasteiger partial charge < -0.3 is 10.0 Å². The highest BCUT2D eigenvalue weighted by Gasteiger charge is 2.43. The van der Waals surface area contributed by atoms with Crippen molar-refractivity contribution >= 4 is 11.7 Å². The molecule has 0 radical (unpaired) electrons. The van der Waals surface area contributed by atoms with Crippen LogP contribution < -0.4 is 0 Å². The van der Waals surface area contributed by atoms with E-state index in [4.69, 9.17) is 0 Å². The van der Waals surface area contributed by atoms with Crippen LogP contribution >= 0.6 is 0 Å². The van der Waals surface area contributed by atoms with Crippen LogP contribution in [0, 0.1) is 0 Å². The maximum Gasteiger partial charge on any atom is 0.261 e. The lowest BCUT2D eigenvalue weighted by molar-refractivity contribution is -0.127. The number of rotatable bonds is 1. The Hall–Kier alpha value is -1.32. The smallest absolute Gasteiger partial charge is 0.261 e. The van der Waals surface area contributed by atoms with Gasteiger partial charge >= 0.3 is 0 Å². The van der Waals surface area contributed by atoms with Crippen LogP contribution in [0.15, 0.2) is 11.3 Å². The van der Waals surface area contributed by atoms with Crippen molar-refractivity contribution in [3.05, 3.63) is 11.3 Å². The first kappa shape index (κ1) is 8.29. The van der Waals surface area contributed by atoms with Gasteiger partial charge in [0.05, 0.1) is 6.04 Å². The lowest BCUT2D eigenvalue weighted by Gasteiger charge is -2.14. The quantitative estimate of drug-likeness (QED) is 0.595. The van der Waals surface area contributed by atoms with Crippen molar-refractivity contribution in [1.29, 1.82) is 0 Å². The van der Waals surface area contributed by atoms with E-state index < -0.39 is 0 Å². The molecule has 1 unspecified atom stereocenters. The molecule has 1 fully saturated rings. The van der Waals surface area contributed by atoms with Crippen molar-refractivity contribution in [3.8, 4) is 0 Å². The topological polar surface area (TPSA) is 57.6 Å². The summed E-state index contributed by atoms with van der Waals surface area (Å²) in [5.74, 6) is -0.653. The van der Waals surface area contributed by atoms with E-state index in [0.717, 1.165) is 12.8 Å². The van der Waals surface area contributed by atoms with Gasteiger partial charge in [0.25, 0.3) is 5.91 Å². The normalized spacial score (nSPS) is 27.0. The van der Waals surface area contributed by atoms with E-state index in [2.05, 4.69) is 0 Å². The molecular formula is C9H11NO3. The minimum Gasteiger partial charge on any atom is -0.509 e. The van der Waals surface area contributed by atoms with Gasteiger partial charge in [-0.15, -0.1) is 0 Å². The van der Waals surface area contributed by atoms with E-state index in [1.807, 2.05) is 0 Å². The highest BCUT2D eigenvalue weighted by Crippen LogP contribution is 2.32. The van der Waals surface area contributed by atoms with Gasteiger partial charge in [-0.25, -0.2) is 0 Å². The lowest BCUT2D eigenvalue weighted by atomic mass is 10.1. The highest BCUT2D eigenvalue weighted by molar-refractivity contribution is 6.20. The number of carbonyl (C=O) groups excluding carboxylic acids is 2. The number of hydrogen-bond acceptors (Lipinski definition) is 3. The predicted molar refractivity (Wildman–Crippen MR) is 45.1 cm³/mol. The van der Waals surface area contributed by atoms with Gasteiger partial charge in [-0.3, -0.25) is 9.59 Å². The van der Waals surface area contributed by atoms with Crippen LogP contribution in [0.2, 0.25) is 0 Å². The maximum atomic E-state index is 11.5. The average molecular weight is 181 g/mol. The number of hydrogen-bond donors (Lipinski definition) is 1. The third kappa shape index (κ3) is 0.978. The molecule has 2 aliphatic heterocycles. The molecule has 2 heterocycles. The number of amides is 1. The summed E-state index contributed by atoms with van der Waals surface area (Å²) in [7, 11) is 0. The zero-order valence-electron chi connectivity index (χ0n) is 7.41. The van der Waals surface area contributed by atoms with Gasteiger partial charge in [-0.1, -0.05) is 0 Å². The average Bonchev–Trinajstić information content (AvgIpc) is 2.56. The third-order valence-corrected chi connectivity index (χ3v) is 2.65. The first-order valence-electron chi connectivity index (χ1n) is 4.38. The molecule has 0 aliphatic carbocycles. The van der Waals surface area contributed by atoms with Crippen molar-refractivity contribution in [2.24, 2.45) is 0 Å². The molecular weight excluding hydrogens is 170 g/mol. The van der Waals surface area contributed by atoms with Gasteiger partial charge in [0.2, 0.25) is 0 Å². The highest BCUT2D eigenvalue weighted by atomic mass is 16.3. The van der Waals surface area contributed by atoms with Gasteiger partial charge in [-0.2, -0.15) is 0 Å². The molecule has 0 saturated carbocycles. The van der Waals surface area contributed by atoms with Crippen molar-refractivity contribution in [1.82, 2.24) is 4.90 Å². The van der Waals surface area contributed by atoms with Crippen LogP contribution in [-0.4, -0.2) is 34.3 Å². The molecule has 0 aromatic rings. The largest absolute Gasteiger partial charge is 0.509 e. The fourth-order valence-corrected chi connectivity index (χ4v) is 2.04. The molecule has 1 amide bonds. The van der Waals surface area contributed by atoms with E-state index in [9.17, 15) is 14.7 Å². The molecule has 1 N–H and O–H groups in total. The first-order chi connectivity index (χ1) is 6.13. The molecule has 13 heavy (non-hydrogen) atoms. The summed E-state index contributed by atoms with van der Waals surface area (Å²) >= 11 is 0. The number of ketones is 1. The van der Waals surface area contributed by atoms with E-state index in [1.54, 1.807) is 4.90 Å². The van der Waals surface area contributed by atoms with Crippen LogP contribution in [0.5, 0.6) is 0 Å². The van der Waals surface area contributed by atoms with Crippen molar-refractivity contribution < 1.29 is 14.7 Å². The monoisotopic (exact) mass is 181 g/mol. The van der Waals surface area contributed by atoms with Crippen LogP contribution in [0.4, 0.5) is 0 Å². The molecule has 4 nitrogen and oxygen atoms in total. The van der Waals surface area contributed by atoms with Crippen LogP contribution in [0.1, 0.15) is 19.8 Å². The molecule has 70 valence electrons. The van der Waals surface area contributed by atoms with Gasteiger partial charge in [-0.05, 0) is 19.8 Å². The van der Waals surface area contributed by atoms with E-state index in [0.29, 0.717) is 6.54 Å². The zero-order valence-corrected chi connectivity index (χ0v) is 7.41. The Balaban J connectivity index is 2.41. The second kappa shape index (κ2) is 2.58. The Kier molecular flexibility index (Phi) is 1.65. The predicted octanol–water partition coefficient (Wildman–Crippen LogP) is 0.392. The zero-order chi connectivity index (χ0) is 9.59. The van der Waals surface area contributed by atoms with E-state index in [1.165, 1.54) is 6.92 Å². The van der Waals surface area contributed by atoms with Crippen LogP contribution in [0.25, 0.3) is 0 Å². The van der Waals surface area contributed by atoms with Gasteiger partial charge in [0, 0.05) is 6.54 Å². The molecule has 2 aliphatic rings. The standard InChI is InChI=1S/C9H11NO3/c1-5(11)7-8(12)6-3-2-4-10(6)9(7)13/h6,12H,2-4H2,1H3. The molecule has 4 heteroatoms. The van der Waals surface area contributed by atoms with Crippen molar-refractivity contribution in [3.63, 3.8) is 0 Å². The summed E-state index contributed by atoms with van der Waals surface area (Å²) in [6, 6.07) is -0.216. The van der Waals surface area contributed by atoms with Crippen LogP contribution in [0.3, 0.4) is 0 Å². The molecule has 1 saturated heterocycles. The summed E-state index contributed by atoms with van der Waals surface area (Å²) in [4.78, 5) is 24.1. The van der Waals surface area contributed by atoms with Crippen LogP contribution in [-0.2, 0) is 9.59 Å². The minimum atomic E-state index is -0.336. The molecule has 0 bridgehead atoms. The number of carbonyl (C=O) groups is 2. The number of aliphatic hydroxyl groups is 1. The molecule has 0 spiro atoms. The Morgan fingerprint density at radius 3 is 2.85 bits per heavy atom. The second-order valence-electron chi connectivity index (χ2n) is 3.47. The molecule has 0 aromatic heterocycles. The molecule has 2 rings (SSSR count). The SMILES string of the molecule is CC(=O)C1=C(O)C2CCCN2C1=O. The first-order valence-corrected chi connectivity index (χ1v) is 4.38. The Morgan fingerprint density at radius 1 is 1.62 bits per heavy atom. The lowest BCUT2D eigenvalue weighted by Crippen LogP contribution is -2.30. The second-order valence-corrected chi connectivity index (χ2v) is 3.47. The Morgan fingerprint density at radius 2 is 2.31 bits per heavy atom. The fourth-order valence-electron chi connectivity index (χ4n) is 2.04. The summed E-state index contributed by atoms with van der Waals surface area (Å²) < 4.78 is 0. The fraction of sp³-hybridized carbons (Fsp3) is 0.556. The third-order valence-electron chi connectivity index (χ3n) is 2.65. The number of Topliss-reactive ketones (excluding diaryl/α,β-unsaturated/α-hetero) is 1. The molecule has 0 aromatic carbocycles. The van der Waals surface area contributed by atoms with E-state index in [-0.39, 0.29) is 29.1 Å². The maximum absolute atomic E-state index is 11.5. The number of aliphatic hydroxyl groups excluding tert-OH is 1. The van der Waals surface area contributed by atoms with Crippen molar-refractivity contribution in [2.45, 2.75) is 25.8 Å². The Labute approximate surface area is 75.8 Å². The van der Waals surface area contributed by atoms with Crippen molar-refractivity contribution in [2.75, 3.05) is 6.54 Å². The number of nitrogens with zero attached hydrogens (tertiary/aromatic N) is 1. The summed E-state index contributed by atoms with van der Waals surface area (Å²) in [6.07, 6.45) is 1.68. The summed E-state index contributed by atoms with van der Waals surface area (Å²) in [5, 5.41) is 9.60. The minimum absolute atomic E-state index is 0.00954. The molecule has 1 atom stereocenters. The van der Waals surface area contributed by atoms with E-state index >= 15 is 0 Å². The van der Waals surface area contributed by atoms with Gasteiger partial charge in [0.15, 0.2) is 5.78 Å². The van der Waals surface area contributed by atoms with Gasteiger partial charge in [0.1, 0.15) is 11.3 Å². The summed E-state index contributed by atoms with van der Waals surface area (Å²) in [6.45, 7) is 1.97. The Bertz CT molecular complexity index is 319. The number of fused-ring (bicyclic) bond motifs is 1. The summed E-state index contributed by atoms with van der Waals surface area (Å²) in [5.41, 5.74) is -0.00954.